The first kappa shape index (κ1) is 23.3. The van der Waals surface area contributed by atoms with E-state index in [1.807, 2.05) is 42.2 Å². The average molecular weight is 488 g/mol. The Morgan fingerprint density at radius 2 is 1.97 bits per heavy atom. The standard InChI is InChI=1S/C23H26ClN5O3S/c1-23(13-27-22(31)18-6-7-19(24)33-18)12-17(28-32-23)14-2-4-15(5-3-14)20(25)29-10-8-16(9-11-29)21(26)30/h2-7,12,16,25,28H,8-11,13H2,1H3,(H2,26,30)(H,27,31). The molecule has 2 aliphatic heterocycles. The molecule has 1 atom stereocenters. The van der Waals surface area contributed by atoms with E-state index in [4.69, 9.17) is 27.6 Å². The number of nitrogens with zero attached hydrogens (tertiary/aromatic N) is 1. The number of hydrogen-bond donors (Lipinski definition) is 4. The van der Waals surface area contributed by atoms with Crippen LogP contribution in [0.3, 0.4) is 0 Å². The monoisotopic (exact) mass is 487 g/mol. The Morgan fingerprint density at radius 3 is 2.58 bits per heavy atom. The van der Waals surface area contributed by atoms with Crippen LogP contribution >= 0.6 is 22.9 Å². The van der Waals surface area contributed by atoms with Gasteiger partial charge in [0.1, 0.15) is 11.4 Å². The van der Waals surface area contributed by atoms with Crippen LogP contribution in [0.4, 0.5) is 0 Å². The van der Waals surface area contributed by atoms with Gasteiger partial charge in [-0.25, -0.2) is 0 Å². The predicted octanol–water partition coefficient (Wildman–Crippen LogP) is 2.99. The maximum Gasteiger partial charge on any atom is 0.261 e. The summed E-state index contributed by atoms with van der Waals surface area (Å²) >= 11 is 7.13. The minimum atomic E-state index is -0.706. The van der Waals surface area contributed by atoms with Gasteiger partial charge in [0, 0.05) is 24.6 Å². The van der Waals surface area contributed by atoms with E-state index in [9.17, 15) is 9.59 Å². The van der Waals surface area contributed by atoms with Crippen molar-refractivity contribution in [1.82, 2.24) is 15.7 Å². The lowest BCUT2D eigenvalue weighted by molar-refractivity contribution is -0.122. The number of rotatable bonds is 6. The van der Waals surface area contributed by atoms with Crippen molar-refractivity contribution in [2.75, 3.05) is 19.6 Å². The molecule has 10 heteroatoms. The van der Waals surface area contributed by atoms with Crippen LogP contribution in [-0.2, 0) is 9.63 Å². The Kier molecular flexibility index (Phi) is 6.73. The summed E-state index contributed by atoms with van der Waals surface area (Å²) in [5, 5.41) is 11.4. The zero-order valence-electron chi connectivity index (χ0n) is 18.2. The van der Waals surface area contributed by atoms with Crippen LogP contribution in [0.25, 0.3) is 5.70 Å². The summed E-state index contributed by atoms with van der Waals surface area (Å²) in [6, 6.07) is 11.1. The third kappa shape index (κ3) is 5.38. The second-order valence-corrected chi connectivity index (χ2v) is 10.2. The summed E-state index contributed by atoms with van der Waals surface area (Å²) in [5.41, 5.74) is 10.2. The largest absolute Gasteiger partial charge is 0.369 e. The molecule has 0 aliphatic carbocycles. The first-order valence-corrected chi connectivity index (χ1v) is 11.9. The molecular formula is C23H26ClN5O3S. The highest BCUT2D eigenvalue weighted by Gasteiger charge is 2.31. The number of hydrogen-bond acceptors (Lipinski definition) is 6. The van der Waals surface area contributed by atoms with Crippen LogP contribution in [0.15, 0.2) is 42.5 Å². The van der Waals surface area contributed by atoms with E-state index < -0.39 is 5.60 Å². The van der Waals surface area contributed by atoms with Gasteiger partial charge in [-0.05, 0) is 43.5 Å². The number of amidine groups is 1. The average Bonchev–Trinajstić information content (AvgIpc) is 3.43. The van der Waals surface area contributed by atoms with Gasteiger partial charge in [-0.1, -0.05) is 35.9 Å². The number of piperidine rings is 1. The van der Waals surface area contributed by atoms with Crippen LogP contribution in [0, 0.1) is 11.3 Å². The minimum absolute atomic E-state index is 0.0981. The SMILES string of the molecule is CC1(CNC(=O)c2ccc(Cl)s2)C=C(c2ccc(C(=N)N3CCC(C(N)=O)CC3)cc2)NO1. The zero-order valence-corrected chi connectivity index (χ0v) is 19.8. The number of hydroxylamine groups is 1. The van der Waals surface area contributed by atoms with Crippen molar-refractivity contribution >= 4 is 46.3 Å². The number of nitrogens with one attached hydrogen (secondary N) is 3. The highest BCUT2D eigenvalue weighted by atomic mass is 35.5. The number of thiophene rings is 1. The molecule has 2 aliphatic rings. The fourth-order valence-electron chi connectivity index (χ4n) is 3.92. The second kappa shape index (κ2) is 9.54. The van der Waals surface area contributed by atoms with Gasteiger partial charge < -0.3 is 16.0 Å². The molecule has 1 saturated heterocycles. The molecule has 3 heterocycles. The number of carbonyl (C=O) groups is 2. The van der Waals surface area contributed by atoms with E-state index in [-0.39, 0.29) is 17.7 Å². The molecule has 1 aromatic heterocycles. The van der Waals surface area contributed by atoms with E-state index in [0.717, 1.165) is 16.8 Å². The van der Waals surface area contributed by atoms with Crippen molar-refractivity contribution in [2.45, 2.75) is 25.4 Å². The molecule has 0 spiro atoms. The lowest BCUT2D eigenvalue weighted by Crippen LogP contribution is -2.41. The highest BCUT2D eigenvalue weighted by molar-refractivity contribution is 7.18. The van der Waals surface area contributed by atoms with Gasteiger partial charge in [0.15, 0.2) is 0 Å². The quantitative estimate of drug-likeness (QED) is 0.369. The lowest BCUT2D eigenvalue weighted by atomic mass is 9.95. The molecular weight excluding hydrogens is 462 g/mol. The summed E-state index contributed by atoms with van der Waals surface area (Å²) in [6.07, 6.45) is 3.29. The number of halogens is 1. The number of amides is 2. The van der Waals surface area contributed by atoms with E-state index in [0.29, 0.717) is 47.5 Å². The van der Waals surface area contributed by atoms with Gasteiger partial charge in [-0.15, -0.1) is 11.3 Å². The fraction of sp³-hybridized carbons (Fsp3) is 0.348. The van der Waals surface area contributed by atoms with Gasteiger partial charge in [0.2, 0.25) is 5.91 Å². The van der Waals surface area contributed by atoms with E-state index >= 15 is 0 Å². The third-order valence-corrected chi connectivity index (χ3v) is 7.15. The summed E-state index contributed by atoms with van der Waals surface area (Å²) in [7, 11) is 0. The molecule has 1 unspecified atom stereocenters. The summed E-state index contributed by atoms with van der Waals surface area (Å²) in [4.78, 5) is 31.9. The van der Waals surface area contributed by atoms with Crippen molar-refractivity contribution in [3.8, 4) is 0 Å². The number of primary amides is 1. The summed E-state index contributed by atoms with van der Waals surface area (Å²) in [5.74, 6) is -0.108. The molecule has 1 aromatic carbocycles. The minimum Gasteiger partial charge on any atom is -0.369 e. The van der Waals surface area contributed by atoms with Crippen molar-refractivity contribution in [1.29, 1.82) is 5.41 Å². The van der Waals surface area contributed by atoms with Crippen LogP contribution < -0.4 is 16.5 Å². The molecule has 8 nitrogen and oxygen atoms in total. The van der Waals surface area contributed by atoms with Crippen molar-refractivity contribution in [3.05, 3.63) is 62.8 Å². The Bertz CT molecular complexity index is 1090. The van der Waals surface area contributed by atoms with Gasteiger partial charge in [0.25, 0.3) is 5.91 Å². The van der Waals surface area contributed by atoms with E-state index in [2.05, 4.69) is 10.8 Å². The highest BCUT2D eigenvalue weighted by Crippen LogP contribution is 2.27. The molecule has 1 fully saturated rings. The Labute approximate surface area is 201 Å². The van der Waals surface area contributed by atoms with Gasteiger partial charge >= 0.3 is 0 Å². The Morgan fingerprint density at radius 1 is 1.27 bits per heavy atom. The van der Waals surface area contributed by atoms with Crippen LogP contribution in [0.1, 0.15) is 40.6 Å². The molecule has 2 amide bonds. The first-order valence-electron chi connectivity index (χ1n) is 10.7. The molecule has 5 N–H and O–H groups in total. The van der Waals surface area contributed by atoms with Crippen LogP contribution in [-0.4, -0.2) is 47.8 Å². The van der Waals surface area contributed by atoms with Crippen molar-refractivity contribution in [3.63, 3.8) is 0 Å². The molecule has 2 aromatic rings. The first-order chi connectivity index (χ1) is 15.7. The van der Waals surface area contributed by atoms with Crippen LogP contribution in [0.5, 0.6) is 0 Å². The summed E-state index contributed by atoms with van der Waals surface area (Å²) < 4.78 is 0.569. The van der Waals surface area contributed by atoms with E-state index in [1.165, 1.54) is 11.3 Å². The molecule has 33 heavy (non-hydrogen) atoms. The molecule has 4 rings (SSSR count). The van der Waals surface area contributed by atoms with E-state index in [1.54, 1.807) is 12.1 Å². The summed E-state index contributed by atoms with van der Waals surface area (Å²) in [6.45, 7) is 3.48. The smallest absolute Gasteiger partial charge is 0.261 e. The van der Waals surface area contributed by atoms with Crippen molar-refractivity contribution in [2.24, 2.45) is 11.7 Å². The maximum absolute atomic E-state index is 12.3. The number of carbonyl (C=O) groups excluding carboxylic acids is 2. The van der Waals surface area contributed by atoms with Crippen LogP contribution in [0.2, 0.25) is 4.34 Å². The maximum atomic E-state index is 12.3. The fourth-order valence-corrected chi connectivity index (χ4v) is 4.88. The molecule has 0 radical (unpaired) electrons. The predicted molar refractivity (Wildman–Crippen MR) is 129 cm³/mol. The second-order valence-electron chi connectivity index (χ2n) is 8.45. The third-order valence-electron chi connectivity index (χ3n) is 5.92. The van der Waals surface area contributed by atoms with Gasteiger partial charge in [0.05, 0.1) is 21.5 Å². The normalized spacial score (nSPS) is 20.8. The Hall–Kier alpha value is -2.88. The van der Waals surface area contributed by atoms with Gasteiger partial charge in [-0.3, -0.25) is 25.3 Å². The zero-order chi connectivity index (χ0) is 23.6. The van der Waals surface area contributed by atoms with Crippen molar-refractivity contribution < 1.29 is 14.4 Å². The number of likely N-dealkylation sites (tertiary alicyclic amines) is 1. The number of nitrogens with two attached hydrogens (primary N) is 1. The number of benzene rings is 1. The molecule has 0 bridgehead atoms. The lowest BCUT2D eigenvalue weighted by Gasteiger charge is -2.32. The Balaban J connectivity index is 1.35. The topological polar surface area (TPSA) is 121 Å². The molecule has 0 saturated carbocycles. The molecule has 174 valence electrons. The van der Waals surface area contributed by atoms with Gasteiger partial charge in [-0.2, -0.15) is 0 Å².